The van der Waals surface area contributed by atoms with Crippen molar-refractivity contribution in [1.82, 2.24) is 10.1 Å². The Bertz CT molecular complexity index is 1310. The van der Waals surface area contributed by atoms with Crippen molar-refractivity contribution in [3.8, 4) is 5.75 Å². The Hall–Kier alpha value is -3.40. The average Bonchev–Trinajstić information content (AvgIpc) is 3.18. The molecule has 1 amide bonds. The lowest BCUT2D eigenvalue weighted by atomic mass is 9.85. The van der Waals surface area contributed by atoms with Gasteiger partial charge in [-0.15, -0.1) is 0 Å². The Kier molecular flexibility index (Phi) is 5.32. The Morgan fingerprint density at radius 1 is 1.15 bits per heavy atom. The van der Waals surface area contributed by atoms with Crippen molar-refractivity contribution in [2.24, 2.45) is 0 Å². The SMILES string of the molecule is Cc1ccc(NS(=O)(=O)c2cc3c(cc2C)N(Cc2noc(C4CCC4)n2)C(=O)CO3)cc1. The van der Waals surface area contributed by atoms with Gasteiger partial charge in [0.15, 0.2) is 12.4 Å². The molecule has 10 heteroatoms. The van der Waals surface area contributed by atoms with Gasteiger partial charge >= 0.3 is 0 Å². The monoisotopic (exact) mass is 468 g/mol. The highest BCUT2D eigenvalue weighted by atomic mass is 32.2. The summed E-state index contributed by atoms with van der Waals surface area (Å²) in [6.07, 6.45) is 3.23. The molecule has 1 aromatic heterocycles. The number of rotatable bonds is 6. The lowest BCUT2D eigenvalue weighted by molar-refractivity contribution is -0.121. The number of aryl methyl sites for hydroxylation is 2. The van der Waals surface area contributed by atoms with Crippen molar-refractivity contribution < 1.29 is 22.5 Å². The number of ether oxygens (including phenoxy) is 1. The molecule has 1 aliphatic carbocycles. The van der Waals surface area contributed by atoms with Crippen LogP contribution in [0, 0.1) is 13.8 Å². The van der Waals surface area contributed by atoms with Crippen molar-refractivity contribution >= 4 is 27.3 Å². The minimum absolute atomic E-state index is 0.0861. The minimum Gasteiger partial charge on any atom is -0.482 e. The van der Waals surface area contributed by atoms with Gasteiger partial charge in [-0.25, -0.2) is 8.42 Å². The molecule has 0 saturated heterocycles. The van der Waals surface area contributed by atoms with Crippen LogP contribution >= 0.6 is 0 Å². The lowest BCUT2D eigenvalue weighted by Gasteiger charge is -2.29. The molecule has 5 rings (SSSR count). The summed E-state index contributed by atoms with van der Waals surface area (Å²) in [4.78, 5) is 18.7. The first-order chi connectivity index (χ1) is 15.8. The van der Waals surface area contributed by atoms with Gasteiger partial charge in [0.05, 0.1) is 17.1 Å². The van der Waals surface area contributed by atoms with Crippen molar-refractivity contribution in [3.63, 3.8) is 0 Å². The highest BCUT2D eigenvalue weighted by Crippen LogP contribution is 2.38. The number of aromatic nitrogens is 2. The van der Waals surface area contributed by atoms with Crippen molar-refractivity contribution in [2.75, 3.05) is 16.2 Å². The zero-order valence-corrected chi connectivity index (χ0v) is 19.2. The molecular weight excluding hydrogens is 444 g/mol. The van der Waals surface area contributed by atoms with Crippen LogP contribution in [0.15, 0.2) is 45.8 Å². The van der Waals surface area contributed by atoms with Gasteiger partial charge in [-0.3, -0.25) is 14.4 Å². The summed E-state index contributed by atoms with van der Waals surface area (Å²) < 4.78 is 39.6. The van der Waals surface area contributed by atoms with Gasteiger partial charge in [-0.1, -0.05) is 29.3 Å². The van der Waals surface area contributed by atoms with Gasteiger partial charge in [0.2, 0.25) is 5.89 Å². The number of nitrogens with one attached hydrogen (secondary N) is 1. The van der Waals surface area contributed by atoms with Gasteiger partial charge in [0, 0.05) is 17.7 Å². The number of hydrogen-bond acceptors (Lipinski definition) is 7. The molecule has 3 aromatic rings. The summed E-state index contributed by atoms with van der Waals surface area (Å²) in [6, 6.07) is 10.2. The second-order valence-corrected chi connectivity index (χ2v) is 10.2. The summed E-state index contributed by atoms with van der Waals surface area (Å²) in [5.74, 6) is 1.37. The first-order valence-electron chi connectivity index (χ1n) is 10.8. The molecule has 2 heterocycles. The minimum atomic E-state index is -3.86. The lowest BCUT2D eigenvalue weighted by Crippen LogP contribution is -2.38. The van der Waals surface area contributed by atoms with Crippen LogP contribution in [0.1, 0.15) is 48.0 Å². The highest BCUT2D eigenvalue weighted by molar-refractivity contribution is 7.92. The third-order valence-electron chi connectivity index (χ3n) is 6.03. The first kappa shape index (κ1) is 21.4. The molecule has 1 N–H and O–H groups in total. The van der Waals surface area contributed by atoms with E-state index in [1.807, 2.05) is 19.1 Å². The maximum Gasteiger partial charge on any atom is 0.265 e. The smallest absolute Gasteiger partial charge is 0.265 e. The summed E-state index contributed by atoms with van der Waals surface area (Å²) in [6.45, 7) is 3.54. The van der Waals surface area contributed by atoms with E-state index in [1.54, 1.807) is 25.1 Å². The molecule has 172 valence electrons. The molecule has 33 heavy (non-hydrogen) atoms. The van der Waals surface area contributed by atoms with Crippen molar-refractivity contribution in [1.29, 1.82) is 0 Å². The Morgan fingerprint density at radius 2 is 1.91 bits per heavy atom. The molecule has 0 unspecified atom stereocenters. The second-order valence-electron chi connectivity index (χ2n) is 8.50. The Labute approximate surface area is 191 Å². The molecule has 1 aliphatic heterocycles. The normalized spacial score (nSPS) is 16.2. The van der Waals surface area contributed by atoms with Crippen LogP contribution < -0.4 is 14.4 Å². The maximum absolute atomic E-state index is 13.1. The van der Waals surface area contributed by atoms with E-state index in [0.717, 1.165) is 24.8 Å². The molecule has 0 radical (unpaired) electrons. The van der Waals surface area contributed by atoms with Gasteiger partial charge < -0.3 is 9.26 Å². The summed E-state index contributed by atoms with van der Waals surface area (Å²) in [7, 11) is -3.86. The quantitative estimate of drug-likeness (QED) is 0.587. The zero-order chi connectivity index (χ0) is 23.2. The summed E-state index contributed by atoms with van der Waals surface area (Å²) in [5.41, 5.74) is 2.46. The van der Waals surface area contributed by atoms with E-state index < -0.39 is 10.0 Å². The number of carbonyl (C=O) groups is 1. The zero-order valence-electron chi connectivity index (χ0n) is 18.4. The van der Waals surface area contributed by atoms with Gasteiger partial charge in [0.25, 0.3) is 15.9 Å². The number of fused-ring (bicyclic) bond motifs is 1. The fraction of sp³-hybridized carbons (Fsp3) is 0.348. The van der Waals surface area contributed by atoms with E-state index in [-0.39, 0.29) is 24.0 Å². The third-order valence-corrected chi connectivity index (χ3v) is 7.55. The molecule has 0 atom stereocenters. The molecule has 0 bridgehead atoms. The van der Waals surface area contributed by atoms with E-state index in [2.05, 4.69) is 14.9 Å². The Balaban J connectivity index is 1.42. The van der Waals surface area contributed by atoms with Gasteiger partial charge in [0.1, 0.15) is 5.75 Å². The van der Waals surface area contributed by atoms with E-state index in [9.17, 15) is 13.2 Å². The van der Waals surface area contributed by atoms with E-state index in [1.165, 1.54) is 11.0 Å². The van der Waals surface area contributed by atoms with Crippen molar-refractivity contribution in [3.05, 3.63) is 59.2 Å². The van der Waals surface area contributed by atoms with Crippen LogP contribution in [0.4, 0.5) is 11.4 Å². The number of benzene rings is 2. The third kappa shape index (κ3) is 4.18. The van der Waals surface area contributed by atoms with E-state index >= 15 is 0 Å². The molecule has 1 fully saturated rings. The number of hydrogen-bond donors (Lipinski definition) is 1. The van der Waals surface area contributed by atoms with Crippen LogP contribution in [0.3, 0.4) is 0 Å². The van der Waals surface area contributed by atoms with Crippen LogP contribution in [0.2, 0.25) is 0 Å². The van der Waals surface area contributed by atoms with Crippen LogP contribution in [0.5, 0.6) is 5.75 Å². The van der Waals surface area contributed by atoms with E-state index in [4.69, 9.17) is 9.26 Å². The molecule has 2 aromatic carbocycles. The predicted octanol–water partition coefficient (Wildman–Crippen LogP) is 3.68. The molecule has 9 nitrogen and oxygen atoms in total. The molecule has 1 saturated carbocycles. The number of carbonyl (C=O) groups excluding carboxylic acids is 1. The summed E-state index contributed by atoms with van der Waals surface area (Å²) >= 11 is 0. The van der Waals surface area contributed by atoms with Gasteiger partial charge in [-0.05, 0) is 50.5 Å². The number of anilines is 2. The maximum atomic E-state index is 13.1. The summed E-state index contributed by atoms with van der Waals surface area (Å²) in [5, 5.41) is 4.03. The van der Waals surface area contributed by atoms with Crippen molar-refractivity contribution in [2.45, 2.75) is 50.5 Å². The van der Waals surface area contributed by atoms with Crippen LogP contribution in [-0.4, -0.2) is 31.1 Å². The number of nitrogens with zero attached hydrogens (tertiary/aromatic N) is 3. The second kappa shape index (κ2) is 8.18. The van der Waals surface area contributed by atoms with Crippen LogP contribution in [-0.2, 0) is 21.4 Å². The fourth-order valence-corrected chi connectivity index (χ4v) is 5.22. The Morgan fingerprint density at radius 3 is 2.61 bits per heavy atom. The number of sulfonamides is 1. The molecule has 2 aliphatic rings. The predicted molar refractivity (Wildman–Crippen MR) is 121 cm³/mol. The van der Waals surface area contributed by atoms with Crippen LogP contribution in [0.25, 0.3) is 0 Å². The van der Waals surface area contributed by atoms with E-state index in [0.29, 0.717) is 40.3 Å². The molecular formula is C23H24N4O5S. The number of amides is 1. The standard InChI is InChI=1S/C23H24N4O5S/c1-14-6-8-17(9-7-14)26-33(29,30)20-11-19-18(10-15(20)2)27(22(28)13-31-19)12-21-24-23(32-25-21)16-4-3-5-16/h6-11,16,26H,3-5,12-13H2,1-2H3. The first-order valence-corrected chi connectivity index (χ1v) is 12.3. The van der Waals surface area contributed by atoms with Gasteiger partial charge in [-0.2, -0.15) is 4.98 Å². The average molecular weight is 469 g/mol. The highest BCUT2D eigenvalue weighted by Gasteiger charge is 2.31. The topological polar surface area (TPSA) is 115 Å². The largest absolute Gasteiger partial charge is 0.482 e. The fourth-order valence-electron chi connectivity index (χ4n) is 3.92. The molecule has 0 spiro atoms.